The molecule has 0 aromatic heterocycles. The van der Waals surface area contributed by atoms with Crippen molar-refractivity contribution in [2.45, 2.75) is 19.4 Å². The summed E-state index contributed by atoms with van der Waals surface area (Å²) >= 11 is 6.10. The molecule has 0 aliphatic carbocycles. The van der Waals surface area contributed by atoms with Crippen molar-refractivity contribution < 1.29 is 9.53 Å². The van der Waals surface area contributed by atoms with E-state index in [-0.39, 0.29) is 18.6 Å². The molecule has 1 aliphatic rings. The number of rotatable bonds is 2. The van der Waals surface area contributed by atoms with Crippen LogP contribution in [0, 0.1) is 0 Å². The van der Waals surface area contributed by atoms with Crippen molar-refractivity contribution in [3.05, 3.63) is 22.7 Å². The van der Waals surface area contributed by atoms with E-state index in [4.69, 9.17) is 22.1 Å². The van der Waals surface area contributed by atoms with Crippen LogP contribution in [0.1, 0.15) is 24.9 Å². The minimum atomic E-state index is -0.170. The third kappa shape index (κ3) is 1.99. The SMILES string of the molecule is CC[C@H](N)c1cc2c(cc1Cl)NC(=O)CO2. The van der Waals surface area contributed by atoms with Crippen LogP contribution < -0.4 is 15.8 Å². The summed E-state index contributed by atoms with van der Waals surface area (Å²) in [7, 11) is 0. The van der Waals surface area contributed by atoms with E-state index in [1.165, 1.54) is 0 Å². The Kier molecular flexibility index (Phi) is 3.03. The summed E-state index contributed by atoms with van der Waals surface area (Å²) in [6, 6.07) is 3.36. The number of carbonyl (C=O) groups excluding carboxylic acids is 1. The summed E-state index contributed by atoms with van der Waals surface area (Å²) in [6.45, 7) is 2.03. The van der Waals surface area contributed by atoms with Crippen LogP contribution in [0.15, 0.2) is 12.1 Å². The van der Waals surface area contributed by atoms with Gasteiger partial charge in [-0.25, -0.2) is 0 Å². The van der Waals surface area contributed by atoms with Gasteiger partial charge in [0.1, 0.15) is 5.75 Å². The Bertz CT molecular complexity index is 434. The van der Waals surface area contributed by atoms with E-state index < -0.39 is 0 Å². The first-order valence-corrected chi connectivity index (χ1v) is 5.51. The van der Waals surface area contributed by atoms with Gasteiger partial charge in [0.2, 0.25) is 0 Å². The lowest BCUT2D eigenvalue weighted by atomic mass is 10.0. The Morgan fingerprint density at radius 3 is 3.06 bits per heavy atom. The maximum atomic E-state index is 11.1. The van der Waals surface area contributed by atoms with Gasteiger partial charge in [-0.2, -0.15) is 0 Å². The molecular weight excluding hydrogens is 228 g/mol. The van der Waals surface area contributed by atoms with Crippen molar-refractivity contribution in [1.29, 1.82) is 0 Å². The van der Waals surface area contributed by atoms with E-state index in [9.17, 15) is 4.79 Å². The summed E-state index contributed by atoms with van der Waals surface area (Å²) in [6.07, 6.45) is 0.796. The average Bonchev–Trinajstić information content (AvgIpc) is 2.27. The molecule has 0 spiro atoms. The molecule has 2 rings (SSSR count). The molecule has 1 aromatic rings. The summed E-state index contributed by atoms with van der Waals surface area (Å²) in [5, 5.41) is 3.25. The van der Waals surface area contributed by atoms with Gasteiger partial charge in [0.15, 0.2) is 6.61 Å². The molecule has 5 heteroatoms. The van der Waals surface area contributed by atoms with E-state index in [1.807, 2.05) is 6.92 Å². The van der Waals surface area contributed by atoms with E-state index in [0.717, 1.165) is 12.0 Å². The number of nitrogens with two attached hydrogens (primary N) is 1. The zero-order valence-corrected chi connectivity index (χ0v) is 9.67. The predicted molar refractivity (Wildman–Crippen MR) is 62.8 cm³/mol. The molecule has 1 atom stereocenters. The highest BCUT2D eigenvalue weighted by Gasteiger charge is 2.19. The van der Waals surface area contributed by atoms with Crippen LogP contribution in [0.3, 0.4) is 0 Å². The fourth-order valence-corrected chi connectivity index (χ4v) is 1.92. The molecule has 3 N–H and O–H groups in total. The van der Waals surface area contributed by atoms with E-state index in [1.54, 1.807) is 12.1 Å². The van der Waals surface area contributed by atoms with Gasteiger partial charge in [-0.05, 0) is 24.1 Å². The van der Waals surface area contributed by atoms with Crippen LogP contribution in [-0.2, 0) is 4.79 Å². The van der Waals surface area contributed by atoms with Gasteiger partial charge < -0.3 is 15.8 Å². The number of nitrogens with one attached hydrogen (secondary N) is 1. The van der Waals surface area contributed by atoms with E-state index in [0.29, 0.717) is 16.5 Å². The monoisotopic (exact) mass is 240 g/mol. The molecule has 1 amide bonds. The zero-order chi connectivity index (χ0) is 11.7. The summed E-state index contributed by atoms with van der Waals surface area (Å²) in [5.41, 5.74) is 7.38. The second-order valence-electron chi connectivity index (χ2n) is 3.72. The van der Waals surface area contributed by atoms with Gasteiger partial charge in [-0.15, -0.1) is 0 Å². The first-order chi connectivity index (χ1) is 7.61. The predicted octanol–water partition coefficient (Wildman–Crippen LogP) is 2.08. The summed E-state index contributed by atoms with van der Waals surface area (Å²) in [5.74, 6) is 0.457. The zero-order valence-electron chi connectivity index (χ0n) is 8.92. The Morgan fingerprint density at radius 2 is 2.38 bits per heavy atom. The molecule has 4 nitrogen and oxygen atoms in total. The van der Waals surface area contributed by atoms with Gasteiger partial charge in [0, 0.05) is 11.1 Å². The minimum Gasteiger partial charge on any atom is -0.482 e. The van der Waals surface area contributed by atoms with Crippen LogP contribution in [0.5, 0.6) is 5.75 Å². The molecule has 0 radical (unpaired) electrons. The van der Waals surface area contributed by atoms with Crippen molar-refractivity contribution >= 4 is 23.2 Å². The van der Waals surface area contributed by atoms with E-state index >= 15 is 0 Å². The molecule has 0 unspecified atom stereocenters. The molecule has 86 valence electrons. The molecular formula is C11H13ClN2O2. The maximum absolute atomic E-state index is 11.1. The van der Waals surface area contributed by atoms with Crippen LogP contribution in [0.25, 0.3) is 0 Å². The highest BCUT2D eigenvalue weighted by Crippen LogP contribution is 2.36. The second-order valence-corrected chi connectivity index (χ2v) is 4.13. The Balaban J connectivity index is 2.41. The Morgan fingerprint density at radius 1 is 1.62 bits per heavy atom. The normalized spacial score (nSPS) is 16.1. The quantitative estimate of drug-likeness (QED) is 0.832. The lowest BCUT2D eigenvalue weighted by Crippen LogP contribution is -2.25. The number of benzene rings is 1. The maximum Gasteiger partial charge on any atom is 0.262 e. The first kappa shape index (κ1) is 11.2. The first-order valence-electron chi connectivity index (χ1n) is 5.13. The second kappa shape index (κ2) is 4.31. The third-order valence-corrected chi connectivity index (χ3v) is 2.90. The molecule has 0 saturated carbocycles. The molecule has 1 aliphatic heterocycles. The Labute approximate surface area is 98.7 Å². The van der Waals surface area contributed by atoms with Crippen molar-refractivity contribution in [2.75, 3.05) is 11.9 Å². The minimum absolute atomic E-state index is 0.0371. The van der Waals surface area contributed by atoms with Gasteiger partial charge in [-0.3, -0.25) is 4.79 Å². The van der Waals surface area contributed by atoms with Gasteiger partial charge >= 0.3 is 0 Å². The van der Waals surface area contributed by atoms with Gasteiger partial charge in [0.05, 0.1) is 5.69 Å². The number of hydrogen-bond acceptors (Lipinski definition) is 3. The molecule has 0 saturated heterocycles. The standard InChI is InChI=1S/C11H13ClN2O2/c1-2-8(13)6-3-10-9(4-7(6)12)14-11(15)5-16-10/h3-4,8H,2,5,13H2,1H3,(H,14,15)/t8-/m0/s1. The number of carbonyl (C=O) groups is 1. The summed E-state index contributed by atoms with van der Waals surface area (Å²) in [4.78, 5) is 11.1. The molecule has 1 aromatic carbocycles. The Hall–Kier alpha value is -1.26. The number of hydrogen-bond donors (Lipinski definition) is 2. The van der Waals surface area contributed by atoms with Gasteiger partial charge in [-0.1, -0.05) is 18.5 Å². The number of ether oxygens (including phenoxy) is 1. The molecule has 0 bridgehead atoms. The largest absolute Gasteiger partial charge is 0.482 e. The van der Waals surface area contributed by atoms with Crippen LogP contribution in [0.2, 0.25) is 5.02 Å². The van der Waals surface area contributed by atoms with Gasteiger partial charge in [0.25, 0.3) is 5.91 Å². The lowest BCUT2D eigenvalue weighted by Gasteiger charge is -2.21. The average molecular weight is 241 g/mol. The molecule has 0 fully saturated rings. The van der Waals surface area contributed by atoms with Crippen molar-refractivity contribution in [1.82, 2.24) is 0 Å². The lowest BCUT2D eigenvalue weighted by molar-refractivity contribution is -0.118. The van der Waals surface area contributed by atoms with Crippen molar-refractivity contribution in [3.8, 4) is 5.75 Å². The molecule has 16 heavy (non-hydrogen) atoms. The third-order valence-electron chi connectivity index (χ3n) is 2.57. The number of anilines is 1. The van der Waals surface area contributed by atoms with E-state index in [2.05, 4.69) is 5.32 Å². The topological polar surface area (TPSA) is 64.3 Å². The number of amides is 1. The van der Waals surface area contributed by atoms with Crippen LogP contribution >= 0.6 is 11.6 Å². The summed E-state index contributed by atoms with van der Waals surface area (Å²) < 4.78 is 5.30. The smallest absolute Gasteiger partial charge is 0.262 e. The fourth-order valence-electron chi connectivity index (χ4n) is 1.62. The molecule has 1 heterocycles. The number of fused-ring (bicyclic) bond motifs is 1. The van der Waals surface area contributed by atoms with Crippen LogP contribution in [-0.4, -0.2) is 12.5 Å². The fraction of sp³-hybridized carbons (Fsp3) is 0.364. The van der Waals surface area contributed by atoms with Crippen LogP contribution in [0.4, 0.5) is 5.69 Å². The highest BCUT2D eigenvalue weighted by molar-refractivity contribution is 6.32. The highest BCUT2D eigenvalue weighted by atomic mass is 35.5. The van der Waals surface area contributed by atoms with Crippen molar-refractivity contribution in [3.63, 3.8) is 0 Å². The van der Waals surface area contributed by atoms with Crippen molar-refractivity contribution in [2.24, 2.45) is 5.73 Å². The number of halogens is 1.